The van der Waals surface area contributed by atoms with Crippen LogP contribution in [0.25, 0.3) is 0 Å². The average Bonchev–Trinajstić information content (AvgIpc) is 1.61. The summed E-state index contributed by atoms with van der Waals surface area (Å²) in [6.45, 7) is 14.7. The van der Waals surface area contributed by atoms with Crippen LogP contribution in [0, 0.1) is 73.4 Å². The number of rotatable bonds is 18. The molecule has 11 aromatic rings. The molecule has 2 heterocycles. The van der Waals surface area contributed by atoms with Gasteiger partial charge in [0.05, 0.1) is 130 Å². The molecule has 0 spiro atoms. The zero-order valence-electron chi connectivity index (χ0n) is 75.1. The van der Waals surface area contributed by atoms with Gasteiger partial charge in [0, 0.05) is 86.6 Å². The van der Waals surface area contributed by atoms with E-state index in [1.807, 2.05) is 33.8 Å². The molecule has 2 fully saturated rings. The smallest absolute Gasteiger partial charge is 0.465 e. The first-order valence-electron chi connectivity index (χ1n) is 39.8. The summed E-state index contributed by atoms with van der Waals surface area (Å²) in [5, 5.41) is 47.1. The minimum absolute atomic E-state index is 0. The number of hydrogen-bond donors (Lipinski definition) is 5. The maximum absolute atomic E-state index is 15.0. The van der Waals surface area contributed by atoms with E-state index in [4.69, 9.17) is 33.4 Å². The monoisotopic (exact) mass is 2670 g/mol. The van der Waals surface area contributed by atoms with E-state index in [0.29, 0.717) is 62.7 Å². The zero-order valence-corrected chi connectivity index (χ0v) is 89.9. The van der Waals surface area contributed by atoms with E-state index in [9.17, 15) is 107 Å². The van der Waals surface area contributed by atoms with Gasteiger partial charge in [0.2, 0.25) is 0 Å². The van der Waals surface area contributed by atoms with Crippen molar-refractivity contribution in [1.29, 1.82) is 0 Å². The van der Waals surface area contributed by atoms with Crippen molar-refractivity contribution in [1.82, 2.24) is 0 Å². The van der Waals surface area contributed by atoms with Crippen LogP contribution in [0.4, 0.5) is 52.7 Å². The molecule has 0 radical (unpaired) electrons. The highest BCUT2D eigenvalue weighted by Crippen LogP contribution is 2.40. The number of hydrogen-bond acceptors (Lipinski definition) is 23. The van der Waals surface area contributed by atoms with Gasteiger partial charge in [-0.2, -0.15) is 0 Å². The highest BCUT2D eigenvalue weighted by atomic mass is 127. The maximum atomic E-state index is 15.0. The predicted molar refractivity (Wildman–Crippen MR) is 566 cm³/mol. The lowest BCUT2D eigenvalue weighted by atomic mass is 9.75. The normalized spacial score (nSPS) is 12.9. The van der Waals surface area contributed by atoms with Crippen molar-refractivity contribution in [3.05, 3.63) is 351 Å². The lowest BCUT2D eigenvalue weighted by molar-refractivity contribution is 0.00578. The van der Waals surface area contributed by atoms with Gasteiger partial charge in [-0.05, 0) is 289 Å². The molecular weight excluding hydrogens is 2580 g/mol. The van der Waals surface area contributed by atoms with E-state index in [1.54, 1.807) is 39.8 Å². The molecule has 23 nitrogen and oxygen atoms in total. The summed E-state index contributed by atoms with van der Waals surface area (Å²) in [5.41, 5.74) is -4.49. The van der Waals surface area contributed by atoms with E-state index in [0.717, 1.165) is 63.7 Å². The van der Waals surface area contributed by atoms with Crippen LogP contribution in [0.2, 0.25) is 0 Å². The summed E-state index contributed by atoms with van der Waals surface area (Å²) in [5.74, 6) is -16.3. The number of esters is 5. The van der Waals surface area contributed by atoms with E-state index in [-0.39, 0.29) is 138 Å². The van der Waals surface area contributed by atoms with Gasteiger partial charge < -0.3 is 67.5 Å². The molecule has 1 atom stereocenters. The Labute approximate surface area is 916 Å². The third kappa shape index (κ3) is 34.6. The third-order valence-electron chi connectivity index (χ3n) is 20.8. The summed E-state index contributed by atoms with van der Waals surface area (Å²) in [7, 11) is -0.253. The van der Waals surface area contributed by atoms with Crippen molar-refractivity contribution in [2.24, 2.45) is 0 Å². The molecule has 2 aliphatic heterocycles. The van der Waals surface area contributed by atoms with Gasteiger partial charge >= 0.3 is 58.3 Å². The molecule has 782 valence electrons. The van der Waals surface area contributed by atoms with Gasteiger partial charge in [0.25, 0.3) is 0 Å². The molecule has 48 heteroatoms. The highest BCUT2D eigenvalue weighted by Gasteiger charge is 2.54. The summed E-state index contributed by atoms with van der Waals surface area (Å²) < 4.78 is 212. The molecule has 13 rings (SSSR count). The number of aldehydes is 1. The Hall–Kier alpha value is -8.92. The second-order valence-corrected chi connectivity index (χ2v) is 39.7. The fraction of sp³-hybridized carbons (Fsp3) is 0.235. The Morgan fingerprint density at radius 3 is 1.06 bits per heavy atom. The molecule has 0 saturated carbocycles. The van der Waals surface area contributed by atoms with Crippen LogP contribution < -0.4 is 21.9 Å². The molecular formula is C98H93B4Br8F12IO23. The summed E-state index contributed by atoms with van der Waals surface area (Å²) in [6.07, 6.45) is -1.03. The largest absolute Gasteiger partial charge is 0.497 e. The molecule has 1 unspecified atom stereocenters. The minimum Gasteiger partial charge on any atom is -0.465 e. The van der Waals surface area contributed by atoms with Crippen LogP contribution in [-0.2, 0) is 42.3 Å². The lowest BCUT2D eigenvalue weighted by Crippen LogP contribution is -2.41. The topological polar surface area (TPSA) is 338 Å². The van der Waals surface area contributed by atoms with Crippen molar-refractivity contribution in [2.75, 3.05) is 35.5 Å². The second kappa shape index (κ2) is 57.3. The average molecular weight is 2680 g/mol. The van der Waals surface area contributed by atoms with Crippen molar-refractivity contribution in [3.63, 3.8) is 0 Å². The van der Waals surface area contributed by atoms with Crippen molar-refractivity contribution >= 4 is 254 Å². The van der Waals surface area contributed by atoms with Gasteiger partial charge in [-0.15, -0.1) is 0 Å². The molecule has 0 aromatic heterocycles. The molecule has 2 aliphatic rings. The number of benzene rings is 11. The number of carbonyl (C=O) groups is 9. The standard InChI is InChI=1S/C27H32B2F2O7.C15H12B2F2O7.C15H10Br2F2O3.C15H8Br2F2O3.C8H6BrIO2.C7H3BrF2O.C6H2Br2F2.5CH4/c1-24(2)25(3,4)36-28(35-24)17-11-15(10-16(12-17)23(33)34-9)22(32)18-13-19(21(31)14-20(18)30)29-37-26(5,6)27(7,8)38-29;1-26-15(21)8-2-7(3-9(4-8)16(22)23)14(20)10-5-11(17(24)25)13(19)6-12(10)18;2*1-22-15(21)8-2-7(3-9(16)4-8)14(20)10-5-11(17)13(19)6-12(10)18;1-12-8(11)5-2-6(9)4-7(10)3-5;8-5-1-4(3-11)6(9)2-7(5)10;7-3-1-4(8)6(10)2-5(3)9;;;;;/h10-14H,1-9H3;2-6,22-25H,1H3;2-6,14,20H,1H3;2-6H,1H3;2-4H,1H3;1-3H;1-2H;5*1H4. The molecule has 2 saturated heterocycles. The fourth-order valence-corrected chi connectivity index (χ4v) is 16.8. The third-order valence-corrected chi connectivity index (χ3v) is 25.8. The van der Waals surface area contributed by atoms with Crippen LogP contribution in [0.3, 0.4) is 0 Å². The zero-order chi connectivity index (χ0) is 106. The number of carbonyl (C=O) groups excluding carboxylic acids is 9. The number of aliphatic hydroxyl groups excluding tert-OH is 1. The lowest BCUT2D eigenvalue weighted by Gasteiger charge is -2.32. The van der Waals surface area contributed by atoms with Crippen LogP contribution in [0.15, 0.2) is 200 Å². The number of ketones is 3. The van der Waals surface area contributed by atoms with Gasteiger partial charge in [-0.25, -0.2) is 76.7 Å². The molecule has 5 N–H and O–H groups in total. The Morgan fingerprint density at radius 2 is 0.644 bits per heavy atom. The summed E-state index contributed by atoms with van der Waals surface area (Å²) in [4.78, 5) is 107. The first-order chi connectivity index (χ1) is 65.6. The molecule has 11 aromatic carbocycles. The first kappa shape index (κ1) is 133. The SMILES string of the molecule is C.C.C.C.C.COC(=O)c1cc(B(O)O)cc(C(=O)c2cc(B(O)O)c(F)cc2F)c1.COC(=O)c1cc(B2OC(C)(C)C(C)(C)O2)cc(C(=O)c2cc(B3OC(C)(C)C(C)(C)O3)c(F)cc2F)c1.COC(=O)c1cc(Br)cc(C(=O)c2cc(Br)c(F)cc2F)c1.COC(=O)c1cc(Br)cc(C(O)c2cc(Br)c(F)cc2F)c1.COC(=O)c1cc(Br)cc(I)c1.Fc1cc(F)c(Br)cc1Br.O=Cc1cc(Br)c(F)cc1F. The van der Waals surface area contributed by atoms with Gasteiger partial charge in [-0.1, -0.05) is 97.1 Å². The van der Waals surface area contributed by atoms with E-state index in [1.165, 1.54) is 89.1 Å². The van der Waals surface area contributed by atoms with Gasteiger partial charge in [-0.3, -0.25) is 19.2 Å². The Bertz CT molecular complexity index is 6560. The van der Waals surface area contributed by atoms with Crippen LogP contribution in [0.5, 0.6) is 0 Å². The number of aliphatic hydroxyl groups is 1. The van der Waals surface area contributed by atoms with Gasteiger partial charge in [0.1, 0.15) is 75.9 Å². The Kier molecular flexibility index (Phi) is 52.3. The Balaban J connectivity index is 0.000000598. The van der Waals surface area contributed by atoms with E-state index in [2.05, 4.69) is 169 Å². The number of ether oxygens (including phenoxy) is 5. The molecule has 0 bridgehead atoms. The second-order valence-electron chi connectivity index (χ2n) is 31.4. The van der Waals surface area contributed by atoms with Crippen LogP contribution in [-0.4, -0.2) is 165 Å². The first-order valence-corrected chi connectivity index (χ1v) is 47.2. The molecule has 0 amide bonds. The Morgan fingerprint density at radius 1 is 0.336 bits per heavy atom. The van der Waals surface area contributed by atoms with Crippen molar-refractivity contribution < 1.29 is 163 Å². The highest BCUT2D eigenvalue weighted by molar-refractivity contribution is 14.1. The van der Waals surface area contributed by atoms with E-state index < -0.39 is 185 Å². The van der Waals surface area contributed by atoms with Crippen molar-refractivity contribution in [3.8, 4) is 0 Å². The van der Waals surface area contributed by atoms with Crippen LogP contribution in [0.1, 0.15) is 220 Å². The fourth-order valence-electron chi connectivity index (χ4n) is 12.1. The van der Waals surface area contributed by atoms with Crippen LogP contribution >= 0.6 is 150 Å². The predicted octanol–water partition coefficient (Wildman–Crippen LogP) is 22.8. The summed E-state index contributed by atoms with van der Waals surface area (Å²) in [6, 6.07) is 31.5. The van der Waals surface area contributed by atoms with Crippen molar-refractivity contribution in [2.45, 2.75) is 121 Å². The molecule has 0 aliphatic carbocycles. The number of methoxy groups -OCH3 is 5. The van der Waals surface area contributed by atoms with Gasteiger partial charge in [0.15, 0.2) is 23.6 Å². The molecule has 146 heavy (non-hydrogen) atoms. The van der Waals surface area contributed by atoms with E-state index >= 15 is 4.39 Å². The minimum atomic E-state index is -2.28. The summed E-state index contributed by atoms with van der Waals surface area (Å²) >= 11 is 26.3. The number of halogens is 21. The quantitative estimate of drug-likeness (QED) is 0.00778. The maximum Gasteiger partial charge on any atom is 0.497 e.